The van der Waals surface area contributed by atoms with Gasteiger partial charge in [-0.3, -0.25) is 9.59 Å². The topological polar surface area (TPSA) is 55.4 Å². The molecule has 0 saturated carbocycles. The van der Waals surface area contributed by atoms with Gasteiger partial charge >= 0.3 is 5.97 Å². The van der Waals surface area contributed by atoms with Crippen LogP contribution in [0.3, 0.4) is 0 Å². The summed E-state index contributed by atoms with van der Waals surface area (Å²) in [6.45, 7) is 2.09. The van der Waals surface area contributed by atoms with Crippen LogP contribution in [0.15, 0.2) is 0 Å². The van der Waals surface area contributed by atoms with Crippen molar-refractivity contribution in [3.8, 4) is 0 Å². The monoisotopic (exact) mass is 247 g/mol. The van der Waals surface area contributed by atoms with E-state index in [2.05, 4.69) is 5.32 Å². The van der Waals surface area contributed by atoms with Gasteiger partial charge in [0.25, 0.3) is 0 Å². The number of carbonyl (C=O) groups excluding carboxylic acids is 2. The maximum atomic E-state index is 11.2. The van der Waals surface area contributed by atoms with Crippen molar-refractivity contribution in [3.63, 3.8) is 0 Å². The van der Waals surface area contributed by atoms with Crippen LogP contribution in [0.5, 0.6) is 0 Å². The number of nitrogens with one attached hydrogen (secondary N) is 1. The zero-order chi connectivity index (χ0) is 11.3. The number of hydrogen-bond acceptors (Lipinski definition) is 5. The average Bonchev–Trinajstić information content (AvgIpc) is 2.52. The molecule has 1 rings (SSSR count). The van der Waals surface area contributed by atoms with Crippen LogP contribution in [-0.4, -0.2) is 34.5 Å². The summed E-state index contributed by atoms with van der Waals surface area (Å²) in [5.74, 6) is 0.464. The molecule has 84 valence electrons. The molecule has 1 aliphatic rings. The van der Waals surface area contributed by atoms with Crippen LogP contribution in [-0.2, 0) is 14.3 Å². The highest BCUT2D eigenvalue weighted by Gasteiger charge is 2.26. The fraction of sp³-hybridized carbons (Fsp3) is 0.667. The van der Waals surface area contributed by atoms with E-state index in [1.807, 2.05) is 0 Å². The minimum Gasteiger partial charge on any atom is -0.466 e. The van der Waals surface area contributed by atoms with Crippen LogP contribution < -0.4 is 5.32 Å². The number of rotatable bonds is 4. The van der Waals surface area contributed by atoms with Gasteiger partial charge in [0, 0.05) is 5.75 Å². The van der Waals surface area contributed by atoms with Gasteiger partial charge in [-0.25, -0.2) is 0 Å². The van der Waals surface area contributed by atoms with Crippen molar-refractivity contribution in [2.24, 2.45) is 0 Å². The quantitative estimate of drug-likeness (QED) is 0.588. The number of carbonyl (C=O) groups is 2. The first-order valence-electron chi connectivity index (χ1n) is 4.75. The molecule has 0 aliphatic carbocycles. The van der Waals surface area contributed by atoms with Crippen molar-refractivity contribution < 1.29 is 14.3 Å². The molecule has 1 saturated heterocycles. The fourth-order valence-electron chi connectivity index (χ4n) is 1.22. The van der Waals surface area contributed by atoms with Gasteiger partial charge in [-0.15, -0.1) is 0 Å². The highest BCUT2D eigenvalue weighted by Crippen LogP contribution is 2.19. The number of esters is 1. The van der Waals surface area contributed by atoms with E-state index in [0.717, 1.165) is 12.2 Å². The van der Waals surface area contributed by atoms with E-state index in [-0.39, 0.29) is 23.5 Å². The minimum atomic E-state index is -0.354. The first kappa shape index (κ1) is 12.4. The lowest BCUT2D eigenvalue weighted by molar-refractivity contribution is -0.141. The second-order valence-electron chi connectivity index (χ2n) is 3.06. The Balaban J connectivity index is 2.29. The maximum absolute atomic E-state index is 11.2. The van der Waals surface area contributed by atoms with Crippen LogP contribution >= 0.6 is 24.0 Å². The van der Waals surface area contributed by atoms with E-state index in [1.54, 1.807) is 6.92 Å². The van der Waals surface area contributed by atoms with Gasteiger partial charge in [0.2, 0.25) is 5.12 Å². The van der Waals surface area contributed by atoms with E-state index >= 15 is 0 Å². The third kappa shape index (κ3) is 4.17. The molecule has 0 bridgehead atoms. The highest BCUT2D eigenvalue weighted by atomic mass is 32.2. The molecule has 0 aromatic carbocycles. The lowest BCUT2D eigenvalue weighted by Gasteiger charge is -2.11. The molecule has 6 heteroatoms. The molecular weight excluding hydrogens is 234 g/mol. The van der Waals surface area contributed by atoms with Crippen molar-refractivity contribution in [3.05, 3.63) is 0 Å². The van der Waals surface area contributed by atoms with Crippen molar-refractivity contribution in [2.75, 3.05) is 12.4 Å². The van der Waals surface area contributed by atoms with Crippen molar-refractivity contribution in [1.82, 2.24) is 5.32 Å². The van der Waals surface area contributed by atoms with Crippen LogP contribution in [0.4, 0.5) is 0 Å². The van der Waals surface area contributed by atoms with Gasteiger partial charge in [-0.2, -0.15) is 0 Å². The van der Waals surface area contributed by atoms with Gasteiger partial charge in [0.1, 0.15) is 0 Å². The minimum absolute atomic E-state index is 0.0532. The van der Waals surface area contributed by atoms with Crippen LogP contribution in [0.2, 0.25) is 0 Å². The number of thiocarbonyl (C=S) groups is 1. The maximum Gasteiger partial charge on any atom is 0.312 e. The van der Waals surface area contributed by atoms with E-state index in [0.29, 0.717) is 11.6 Å². The first-order chi connectivity index (χ1) is 7.13. The summed E-state index contributed by atoms with van der Waals surface area (Å²) in [7, 11) is 0. The summed E-state index contributed by atoms with van der Waals surface area (Å²) >= 11 is 6.26. The standard InChI is InChI=1S/C9H13NO3S2/c1-2-13-8(11)5-7(14)10-6-3-4-15-9(6)12/h6H,2-5H2,1H3,(H,10,14). The Morgan fingerprint density at radius 3 is 3.00 bits per heavy atom. The Bertz CT molecular complexity index is 281. The molecular formula is C9H13NO3S2. The van der Waals surface area contributed by atoms with Gasteiger partial charge in [0.05, 0.1) is 24.1 Å². The summed E-state index contributed by atoms with van der Waals surface area (Å²) < 4.78 is 4.75. The highest BCUT2D eigenvalue weighted by molar-refractivity contribution is 8.14. The Morgan fingerprint density at radius 1 is 1.73 bits per heavy atom. The Labute approximate surface area is 98.1 Å². The summed E-state index contributed by atoms with van der Waals surface area (Å²) in [6, 6.07) is -0.225. The van der Waals surface area contributed by atoms with Gasteiger partial charge in [0.15, 0.2) is 0 Å². The molecule has 4 nitrogen and oxygen atoms in total. The molecule has 1 atom stereocenters. The van der Waals surface area contributed by atoms with E-state index in [9.17, 15) is 9.59 Å². The SMILES string of the molecule is CCOC(=O)CC(=S)NC1CCSC1=O. The Kier molecular flexibility index (Phi) is 5.04. The van der Waals surface area contributed by atoms with Crippen LogP contribution in [0.1, 0.15) is 19.8 Å². The Hall–Kier alpha value is -0.620. The predicted octanol–water partition coefficient (Wildman–Crippen LogP) is 0.889. The largest absolute Gasteiger partial charge is 0.466 e. The van der Waals surface area contributed by atoms with Crippen molar-refractivity contribution in [1.29, 1.82) is 0 Å². The predicted molar refractivity (Wildman–Crippen MR) is 62.9 cm³/mol. The molecule has 15 heavy (non-hydrogen) atoms. The molecule has 0 radical (unpaired) electrons. The first-order valence-corrected chi connectivity index (χ1v) is 6.14. The fourth-order valence-corrected chi connectivity index (χ4v) is 2.41. The third-order valence-electron chi connectivity index (χ3n) is 1.88. The number of hydrogen-bond donors (Lipinski definition) is 1. The Morgan fingerprint density at radius 2 is 2.47 bits per heavy atom. The molecule has 1 fully saturated rings. The van der Waals surface area contributed by atoms with Gasteiger partial charge < -0.3 is 10.1 Å². The normalized spacial score (nSPS) is 20.1. The third-order valence-corrected chi connectivity index (χ3v) is 3.15. The van der Waals surface area contributed by atoms with Crippen LogP contribution in [0.25, 0.3) is 0 Å². The second kappa shape index (κ2) is 6.07. The zero-order valence-corrected chi connectivity index (χ0v) is 10.1. The van der Waals surface area contributed by atoms with Crippen molar-refractivity contribution in [2.45, 2.75) is 25.8 Å². The van der Waals surface area contributed by atoms with Crippen molar-refractivity contribution >= 4 is 40.1 Å². The summed E-state index contributed by atoms with van der Waals surface area (Å²) in [5, 5.41) is 2.98. The van der Waals surface area contributed by atoms with Crippen LogP contribution in [0, 0.1) is 0 Å². The van der Waals surface area contributed by atoms with E-state index in [1.165, 1.54) is 11.8 Å². The zero-order valence-electron chi connectivity index (χ0n) is 8.45. The second-order valence-corrected chi connectivity index (χ2v) is 4.65. The smallest absolute Gasteiger partial charge is 0.312 e. The molecule has 1 N–H and O–H groups in total. The molecule has 1 aliphatic heterocycles. The molecule has 0 aromatic heterocycles. The summed E-state index contributed by atoms with van der Waals surface area (Å²) in [6.07, 6.45) is 0.823. The average molecular weight is 247 g/mol. The molecule has 0 aromatic rings. The van der Waals surface area contributed by atoms with Gasteiger partial charge in [-0.1, -0.05) is 24.0 Å². The number of thioether (sulfide) groups is 1. The number of ether oxygens (including phenoxy) is 1. The summed E-state index contributed by atoms with van der Waals surface area (Å²) in [4.78, 5) is 22.7. The molecule has 0 spiro atoms. The molecule has 1 unspecified atom stereocenters. The lowest BCUT2D eigenvalue weighted by Crippen LogP contribution is -2.37. The molecule has 1 heterocycles. The van der Waals surface area contributed by atoms with E-state index < -0.39 is 0 Å². The van der Waals surface area contributed by atoms with E-state index in [4.69, 9.17) is 17.0 Å². The lowest BCUT2D eigenvalue weighted by atomic mass is 10.2. The molecule has 0 amide bonds. The summed E-state index contributed by atoms with van der Waals surface area (Å²) in [5.41, 5.74) is 0. The van der Waals surface area contributed by atoms with Gasteiger partial charge in [-0.05, 0) is 13.3 Å².